The molecule has 0 spiro atoms. The highest BCUT2D eigenvalue weighted by Gasteiger charge is 2.07. The van der Waals surface area contributed by atoms with Gasteiger partial charge in [0.1, 0.15) is 0 Å². The fourth-order valence-electron chi connectivity index (χ4n) is 1.90. The van der Waals surface area contributed by atoms with Gasteiger partial charge in [-0.2, -0.15) is 0 Å². The predicted octanol–water partition coefficient (Wildman–Crippen LogP) is 5.23. The summed E-state index contributed by atoms with van der Waals surface area (Å²) in [6.45, 7) is 10.8. The van der Waals surface area contributed by atoms with Crippen LogP contribution >= 0.6 is 0 Å². The number of benzene rings is 1. The third-order valence-electron chi connectivity index (χ3n) is 3.73. The van der Waals surface area contributed by atoms with Crippen molar-refractivity contribution in [3.8, 4) is 0 Å². The number of nitrogens with one attached hydrogen (secondary N) is 1. The molecule has 0 aromatic heterocycles. The van der Waals surface area contributed by atoms with E-state index < -0.39 is 0 Å². The lowest BCUT2D eigenvalue weighted by Crippen LogP contribution is -2.10. The van der Waals surface area contributed by atoms with Gasteiger partial charge in [-0.1, -0.05) is 70.2 Å². The van der Waals surface area contributed by atoms with Crippen molar-refractivity contribution < 1.29 is 0 Å². The van der Waals surface area contributed by atoms with E-state index in [4.69, 9.17) is 0 Å². The van der Waals surface area contributed by atoms with Crippen LogP contribution < -0.4 is 5.32 Å². The second-order valence-corrected chi connectivity index (χ2v) is 5.30. The molecule has 0 radical (unpaired) electrons. The Morgan fingerprint density at radius 2 is 1.95 bits per heavy atom. The second-order valence-electron chi connectivity index (χ2n) is 5.30. The maximum atomic E-state index is 4.12. The Morgan fingerprint density at radius 3 is 2.58 bits per heavy atom. The molecule has 1 rings (SSSR count). The van der Waals surface area contributed by atoms with Gasteiger partial charge in [0.25, 0.3) is 0 Å². The third kappa shape index (κ3) is 5.78. The molecule has 0 aliphatic heterocycles. The standard InChI is InChI=1S/C18H27N/c1-5-15(2)11-9-10-14-19-17(4)16(3)18-12-7-6-8-13-18/h6-8,10,12-16,19H,4-5,9,11H2,1-3H3/b14-10+. The molecule has 0 heterocycles. The van der Waals surface area contributed by atoms with E-state index in [0.29, 0.717) is 5.92 Å². The van der Waals surface area contributed by atoms with Crippen molar-refractivity contribution in [1.29, 1.82) is 0 Å². The maximum absolute atomic E-state index is 4.12. The zero-order valence-corrected chi connectivity index (χ0v) is 12.5. The lowest BCUT2D eigenvalue weighted by molar-refractivity contribution is 0.521. The lowest BCUT2D eigenvalue weighted by atomic mass is 9.98. The van der Waals surface area contributed by atoms with Gasteiger partial charge in [0.2, 0.25) is 0 Å². The molecule has 0 saturated heterocycles. The molecular weight excluding hydrogens is 230 g/mol. The zero-order chi connectivity index (χ0) is 14.1. The normalized spacial score (nSPS) is 14.3. The van der Waals surface area contributed by atoms with Gasteiger partial charge < -0.3 is 5.32 Å². The minimum absolute atomic E-state index is 0.334. The van der Waals surface area contributed by atoms with Crippen molar-refractivity contribution in [3.05, 3.63) is 60.4 Å². The van der Waals surface area contributed by atoms with E-state index in [-0.39, 0.29) is 0 Å². The first-order valence-corrected chi connectivity index (χ1v) is 7.30. The van der Waals surface area contributed by atoms with Crippen molar-refractivity contribution in [2.75, 3.05) is 0 Å². The average molecular weight is 257 g/mol. The van der Waals surface area contributed by atoms with E-state index in [1.807, 2.05) is 12.3 Å². The number of hydrogen-bond donors (Lipinski definition) is 1. The van der Waals surface area contributed by atoms with Crippen LogP contribution in [0.4, 0.5) is 0 Å². The average Bonchev–Trinajstić information content (AvgIpc) is 2.46. The topological polar surface area (TPSA) is 12.0 Å². The summed E-state index contributed by atoms with van der Waals surface area (Å²) in [6.07, 6.45) is 7.89. The van der Waals surface area contributed by atoms with Crippen molar-refractivity contribution in [1.82, 2.24) is 5.32 Å². The van der Waals surface area contributed by atoms with E-state index in [1.165, 1.54) is 18.4 Å². The summed E-state index contributed by atoms with van der Waals surface area (Å²) in [5.41, 5.74) is 2.35. The maximum Gasteiger partial charge on any atom is 0.0206 e. The molecule has 1 aromatic rings. The Hall–Kier alpha value is -1.50. The molecule has 0 aliphatic carbocycles. The summed E-state index contributed by atoms with van der Waals surface area (Å²) in [7, 11) is 0. The highest BCUT2D eigenvalue weighted by molar-refractivity contribution is 5.26. The van der Waals surface area contributed by atoms with Gasteiger partial charge in [0, 0.05) is 11.6 Å². The van der Waals surface area contributed by atoms with Crippen LogP contribution in [0.3, 0.4) is 0 Å². The minimum Gasteiger partial charge on any atom is -0.365 e. The molecule has 1 aromatic carbocycles. The van der Waals surface area contributed by atoms with Gasteiger partial charge in [0.05, 0.1) is 0 Å². The summed E-state index contributed by atoms with van der Waals surface area (Å²) >= 11 is 0. The van der Waals surface area contributed by atoms with Crippen LogP contribution in [0.15, 0.2) is 54.9 Å². The smallest absolute Gasteiger partial charge is 0.0206 e. The van der Waals surface area contributed by atoms with Gasteiger partial charge in [-0.15, -0.1) is 0 Å². The molecule has 2 atom stereocenters. The predicted molar refractivity (Wildman–Crippen MR) is 85.0 cm³/mol. The highest BCUT2D eigenvalue weighted by Crippen LogP contribution is 2.20. The molecule has 0 fully saturated rings. The molecule has 0 bridgehead atoms. The van der Waals surface area contributed by atoms with Crippen LogP contribution in [0.25, 0.3) is 0 Å². The zero-order valence-electron chi connectivity index (χ0n) is 12.5. The summed E-state index contributed by atoms with van der Waals surface area (Å²) < 4.78 is 0. The molecule has 0 aliphatic rings. The monoisotopic (exact) mass is 257 g/mol. The van der Waals surface area contributed by atoms with E-state index in [0.717, 1.165) is 18.0 Å². The number of rotatable bonds is 8. The van der Waals surface area contributed by atoms with Crippen LogP contribution in [-0.2, 0) is 0 Å². The Kier molecular flexibility index (Phi) is 7.02. The van der Waals surface area contributed by atoms with Crippen molar-refractivity contribution >= 4 is 0 Å². The summed E-state index contributed by atoms with van der Waals surface area (Å²) in [5.74, 6) is 1.15. The molecule has 0 amide bonds. The first-order valence-electron chi connectivity index (χ1n) is 7.30. The fourth-order valence-corrected chi connectivity index (χ4v) is 1.90. The Balaban J connectivity index is 2.33. The van der Waals surface area contributed by atoms with Crippen LogP contribution in [0.1, 0.15) is 51.5 Å². The largest absolute Gasteiger partial charge is 0.365 e. The Morgan fingerprint density at radius 1 is 1.26 bits per heavy atom. The van der Waals surface area contributed by atoms with E-state index in [9.17, 15) is 0 Å². The van der Waals surface area contributed by atoms with Crippen LogP contribution in [0.5, 0.6) is 0 Å². The van der Waals surface area contributed by atoms with E-state index in [2.05, 4.69) is 63.0 Å². The first kappa shape index (κ1) is 15.6. The molecule has 104 valence electrons. The quantitative estimate of drug-likeness (QED) is 0.672. The highest BCUT2D eigenvalue weighted by atomic mass is 14.8. The lowest BCUT2D eigenvalue weighted by Gasteiger charge is -2.15. The van der Waals surface area contributed by atoms with Crippen molar-refractivity contribution in [2.24, 2.45) is 5.92 Å². The van der Waals surface area contributed by atoms with Gasteiger partial charge in [-0.3, -0.25) is 0 Å². The molecule has 1 nitrogen and oxygen atoms in total. The third-order valence-corrected chi connectivity index (χ3v) is 3.73. The van der Waals surface area contributed by atoms with Gasteiger partial charge in [-0.05, 0) is 30.5 Å². The molecule has 2 unspecified atom stereocenters. The number of hydrogen-bond acceptors (Lipinski definition) is 1. The summed E-state index contributed by atoms with van der Waals surface area (Å²) in [6, 6.07) is 10.5. The van der Waals surface area contributed by atoms with Crippen molar-refractivity contribution in [3.63, 3.8) is 0 Å². The summed E-state index contributed by atoms with van der Waals surface area (Å²) in [4.78, 5) is 0. The van der Waals surface area contributed by atoms with Gasteiger partial charge >= 0.3 is 0 Å². The fraction of sp³-hybridized carbons (Fsp3) is 0.444. The SMILES string of the molecule is C=C(N/C=C/CCC(C)CC)C(C)c1ccccc1. The molecular formula is C18H27N. The Bertz CT molecular complexity index is 391. The molecule has 0 saturated carbocycles. The second kappa shape index (κ2) is 8.58. The van der Waals surface area contributed by atoms with Crippen LogP contribution in [0, 0.1) is 5.92 Å². The van der Waals surface area contributed by atoms with Crippen LogP contribution in [-0.4, -0.2) is 0 Å². The van der Waals surface area contributed by atoms with E-state index in [1.54, 1.807) is 0 Å². The molecule has 1 heteroatoms. The molecule has 1 N–H and O–H groups in total. The summed E-state index contributed by atoms with van der Waals surface area (Å²) in [5, 5.41) is 3.30. The number of allylic oxidation sites excluding steroid dienone is 2. The Labute approximate surface area is 118 Å². The van der Waals surface area contributed by atoms with Crippen LogP contribution in [0.2, 0.25) is 0 Å². The molecule has 19 heavy (non-hydrogen) atoms. The minimum atomic E-state index is 0.334. The van der Waals surface area contributed by atoms with Gasteiger partial charge in [-0.25, -0.2) is 0 Å². The van der Waals surface area contributed by atoms with Crippen molar-refractivity contribution in [2.45, 2.75) is 46.0 Å². The first-order chi connectivity index (χ1) is 9.15. The van der Waals surface area contributed by atoms with E-state index >= 15 is 0 Å². The van der Waals surface area contributed by atoms with Gasteiger partial charge in [0.15, 0.2) is 0 Å².